The van der Waals surface area contributed by atoms with Gasteiger partial charge in [0.15, 0.2) is 0 Å². The lowest BCUT2D eigenvalue weighted by molar-refractivity contribution is 0.0696. The van der Waals surface area contributed by atoms with Crippen LogP contribution in [0.5, 0.6) is 5.75 Å². The minimum atomic E-state index is -0.995. The molecule has 4 rings (SSSR count). The molecule has 0 aliphatic carbocycles. The molecule has 5 nitrogen and oxygen atoms in total. The third-order valence-electron chi connectivity index (χ3n) is 3.52. The molecule has 21 heavy (non-hydrogen) atoms. The molecule has 2 N–H and O–H groups in total. The maximum atomic E-state index is 11.1. The Bertz CT molecular complexity index is 909. The maximum Gasteiger partial charge on any atom is 0.337 e. The van der Waals surface area contributed by atoms with Gasteiger partial charge in [-0.3, -0.25) is 4.98 Å². The molecule has 3 aromatic rings. The van der Waals surface area contributed by atoms with Gasteiger partial charge in [0.2, 0.25) is 0 Å². The summed E-state index contributed by atoms with van der Waals surface area (Å²) < 4.78 is 5.62. The van der Waals surface area contributed by atoms with Gasteiger partial charge in [-0.2, -0.15) is 0 Å². The predicted molar refractivity (Wildman–Crippen MR) is 78.2 cm³/mol. The zero-order valence-corrected chi connectivity index (χ0v) is 10.8. The molecule has 1 aliphatic rings. The van der Waals surface area contributed by atoms with E-state index in [0.29, 0.717) is 11.4 Å². The fourth-order valence-corrected chi connectivity index (χ4v) is 2.49. The van der Waals surface area contributed by atoms with Gasteiger partial charge in [0.25, 0.3) is 0 Å². The van der Waals surface area contributed by atoms with Crippen LogP contribution in [0.4, 0.5) is 0 Å². The van der Waals surface area contributed by atoms with Crippen molar-refractivity contribution in [2.75, 3.05) is 0 Å². The molecule has 1 aromatic carbocycles. The third kappa shape index (κ3) is 1.79. The number of carbonyl (C=O) groups is 1. The molecular formula is C16H10N2O3. The van der Waals surface area contributed by atoms with Gasteiger partial charge in [-0.05, 0) is 24.3 Å². The molecule has 0 fully saturated rings. The van der Waals surface area contributed by atoms with Crippen LogP contribution in [0.25, 0.3) is 28.2 Å². The van der Waals surface area contributed by atoms with E-state index in [2.05, 4.69) is 9.97 Å². The largest absolute Gasteiger partial charge is 0.478 e. The monoisotopic (exact) mass is 278 g/mol. The molecule has 0 spiro atoms. The first-order valence-corrected chi connectivity index (χ1v) is 6.40. The number of hydrogen-bond acceptors (Lipinski definition) is 3. The van der Waals surface area contributed by atoms with E-state index in [1.54, 1.807) is 18.4 Å². The van der Waals surface area contributed by atoms with Gasteiger partial charge in [-0.25, -0.2) is 4.79 Å². The van der Waals surface area contributed by atoms with Crippen LogP contribution in [0.1, 0.15) is 15.9 Å². The van der Waals surface area contributed by atoms with Crippen molar-refractivity contribution in [2.45, 2.75) is 0 Å². The number of pyridine rings is 1. The minimum absolute atomic E-state index is 0.157. The zero-order valence-electron chi connectivity index (χ0n) is 10.8. The molecule has 0 atom stereocenters. The summed E-state index contributed by atoms with van der Waals surface area (Å²) in [6, 6.07) is 7.47. The van der Waals surface area contributed by atoms with Crippen molar-refractivity contribution in [1.82, 2.24) is 9.97 Å². The van der Waals surface area contributed by atoms with E-state index in [4.69, 9.17) is 9.84 Å². The number of rotatable bonds is 1. The normalized spacial score (nSPS) is 12.4. The topological polar surface area (TPSA) is 75.2 Å². The van der Waals surface area contributed by atoms with Crippen LogP contribution in [0, 0.1) is 0 Å². The number of carboxylic acids is 1. The van der Waals surface area contributed by atoms with Crippen molar-refractivity contribution in [3.63, 3.8) is 0 Å². The molecule has 0 unspecified atom stereocenters. The molecule has 0 bridgehead atoms. The van der Waals surface area contributed by atoms with Crippen molar-refractivity contribution >= 4 is 22.9 Å². The summed E-state index contributed by atoms with van der Waals surface area (Å²) in [5.74, 6) is -0.305. The Morgan fingerprint density at radius 1 is 1.29 bits per heavy atom. The summed E-state index contributed by atoms with van der Waals surface area (Å²) in [6.07, 6.45) is 6.50. The number of aromatic carboxylic acids is 1. The smallest absolute Gasteiger partial charge is 0.337 e. The van der Waals surface area contributed by atoms with E-state index in [1.807, 2.05) is 24.4 Å². The summed E-state index contributed by atoms with van der Waals surface area (Å²) >= 11 is 0. The van der Waals surface area contributed by atoms with Gasteiger partial charge in [0, 0.05) is 40.5 Å². The Labute approximate surface area is 119 Å². The van der Waals surface area contributed by atoms with Crippen LogP contribution in [0.3, 0.4) is 0 Å². The first kappa shape index (κ1) is 11.7. The molecule has 0 radical (unpaired) electrons. The van der Waals surface area contributed by atoms with Crippen LogP contribution in [0.2, 0.25) is 0 Å². The highest BCUT2D eigenvalue weighted by atomic mass is 16.5. The minimum Gasteiger partial charge on any atom is -0.478 e. The van der Waals surface area contributed by atoms with Gasteiger partial charge >= 0.3 is 5.97 Å². The lowest BCUT2D eigenvalue weighted by Crippen LogP contribution is -1.99. The number of fused-ring (bicyclic) bond motifs is 4. The Hall–Kier alpha value is -3.08. The number of H-pyrrole nitrogens is 1. The summed E-state index contributed by atoms with van der Waals surface area (Å²) in [4.78, 5) is 18.5. The number of nitrogens with one attached hydrogen (secondary N) is 1. The number of carboxylic acid groups (broad SMARTS) is 1. The van der Waals surface area contributed by atoms with Crippen molar-refractivity contribution in [3.8, 4) is 17.0 Å². The van der Waals surface area contributed by atoms with E-state index in [9.17, 15) is 4.79 Å². The molecule has 102 valence electrons. The molecule has 2 aromatic heterocycles. The SMILES string of the molecule is O=C(O)c1cnc2c(c1)C=COc1cc3[nH]ccc3cc1-2. The van der Waals surface area contributed by atoms with Gasteiger partial charge in [-0.1, -0.05) is 0 Å². The lowest BCUT2D eigenvalue weighted by Gasteiger charge is -2.08. The number of benzene rings is 1. The fraction of sp³-hybridized carbons (Fsp3) is 0. The van der Waals surface area contributed by atoms with E-state index < -0.39 is 5.97 Å². The van der Waals surface area contributed by atoms with Gasteiger partial charge < -0.3 is 14.8 Å². The second kappa shape index (κ2) is 4.21. The fourth-order valence-electron chi connectivity index (χ4n) is 2.49. The Morgan fingerprint density at radius 3 is 3.05 bits per heavy atom. The number of aromatic amines is 1. The quantitative estimate of drug-likeness (QED) is 0.716. The van der Waals surface area contributed by atoms with Crippen LogP contribution >= 0.6 is 0 Å². The van der Waals surface area contributed by atoms with Gasteiger partial charge in [-0.15, -0.1) is 0 Å². The third-order valence-corrected chi connectivity index (χ3v) is 3.52. The van der Waals surface area contributed by atoms with Crippen LogP contribution < -0.4 is 4.74 Å². The van der Waals surface area contributed by atoms with Crippen molar-refractivity contribution in [2.24, 2.45) is 0 Å². The number of nitrogens with zero attached hydrogens (tertiary/aromatic N) is 1. The molecule has 3 heterocycles. The standard InChI is InChI=1S/C16H10N2O3/c19-16(20)11-5-10-2-4-21-14-7-13-9(1-3-17-13)6-12(14)15(10)18-8-11/h1-8,17H,(H,19,20). The first-order chi connectivity index (χ1) is 10.2. The van der Waals surface area contributed by atoms with Crippen LogP contribution in [-0.2, 0) is 0 Å². The summed E-state index contributed by atoms with van der Waals surface area (Å²) in [7, 11) is 0. The Morgan fingerprint density at radius 2 is 2.19 bits per heavy atom. The number of aromatic nitrogens is 2. The van der Waals surface area contributed by atoms with E-state index in [1.165, 1.54) is 6.20 Å². The highest BCUT2D eigenvalue weighted by Gasteiger charge is 2.17. The van der Waals surface area contributed by atoms with Crippen LogP contribution in [0.15, 0.2) is 42.9 Å². The zero-order chi connectivity index (χ0) is 14.4. The first-order valence-electron chi connectivity index (χ1n) is 6.40. The molecule has 0 amide bonds. The molecule has 0 saturated heterocycles. The van der Waals surface area contributed by atoms with E-state index in [-0.39, 0.29) is 5.56 Å². The molecular weight excluding hydrogens is 268 g/mol. The van der Waals surface area contributed by atoms with Crippen molar-refractivity contribution < 1.29 is 14.6 Å². The molecule has 5 heteroatoms. The summed E-state index contributed by atoms with van der Waals surface area (Å²) in [6.45, 7) is 0. The highest BCUT2D eigenvalue weighted by molar-refractivity contribution is 5.93. The molecule has 0 saturated carbocycles. The number of hydrogen-bond donors (Lipinski definition) is 2. The Balaban J connectivity index is 2.00. The second-order valence-corrected chi connectivity index (χ2v) is 4.80. The van der Waals surface area contributed by atoms with Crippen molar-refractivity contribution in [3.05, 3.63) is 54.0 Å². The number of ether oxygens (including phenoxy) is 1. The van der Waals surface area contributed by atoms with Crippen molar-refractivity contribution in [1.29, 1.82) is 0 Å². The summed E-state index contributed by atoms with van der Waals surface area (Å²) in [5.41, 5.74) is 3.42. The lowest BCUT2D eigenvalue weighted by atomic mass is 10.0. The molecule has 1 aliphatic heterocycles. The van der Waals surface area contributed by atoms with E-state index in [0.717, 1.165) is 22.0 Å². The average molecular weight is 278 g/mol. The van der Waals surface area contributed by atoms with E-state index >= 15 is 0 Å². The second-order valence-electron chi connectivity index (χ2n) is 4.80. The highest BCUT2D eigenvalue weighted by Crippen LogP contribution is 2.37. The Kier molecular flexibility index (Phi) is 2.35. The van der Waals surface area contributed by atoms with Gasteiger partial charge in [0.05, 0.1) is 17.5 Å². The average Bonchev–Trinajstić information content (AvgIpc) is 2.85. The predicted octanol–water partition coefficient (Wildman–Crippen LogP) is 3.29. The maximum absolute atomic E-state index is 11.1. The van der Waals surface area contributed by atoms with Crippen LogP contribution in [-0.4, -0.2) is 21.0 Å². The van der Waals surface area contributed by atoms with Gasteiger partial charge in [0.1, 0.15) is 5.75 Å². The summed E-state index contributed by atoms with van der Waals surface area (Å²) in [5, 5.41) is 10.1.